The second-order valence-electron chi connectivity index (χ2n) is 8.07. The van der Waals surface area contributed by atoms with E-state index in [0.717, 1.165) is 54.1 Å². The summed E-state index contributed by atoms with van der Waals surface area (Å²) in [7, 11) is 0. The molecule has 2 aromatic rings. The van der Waals surface area contributed by atoms with Crippen LogP contribution in [0.1, 0.15) is 50.7 Å². The van der Waals surface area contributed by atoms with Crippen molar-refractivity contribution in [3.8, 4) is 17.2 Å². The van der Waals surface area contributed by atoms with Gasteiger partial charge in [-0.25, -0.2) is 0 Å². The number of carbonyl (C=O) groups is 1. The normalized spacial score (nSPS) is 15.9. The molecular formula is C26H36N2O4. The molecule has 0 saturated heterocycles. The zero-order chi connectivity index (χ0) is 22.6. The molecule has 32 heavy (non-hydrogen) atoms. The summed E-state index contributed by atoms with van der Waals surface area (Å²) in [6.07, 6.45) is 3.90. The first-order valence-electron chi connectivity index (χ1n) is 11.8. The molecule has 0 radical (unpaired) electrons. The van der Waals surface area contributed by atoms with Crippen molar-refractivity contribution >= 4 is 5.91 Å². The molecule has 1 aliphatic heterocycles. The molecule has 0 aromatic heterocycles. The zero-order valence-electron chi connectivity index (χ0n) is 19.4. The quantitative estimate of drug-likeness (QED) is 0.684. The molecular weight excluding hydrogens is 404 g/mol. The van der Waals surface area contributed by atoms with Crippen LogP contribution in [0.3, 0.4) is 0 Å². The maximum absolute atomic E-state index is 12.6. The number of carbonyl (C=O) groups excluding carboxylic acids is 1. The van der Waals surface area contributed by atoms with Crippen LogP contribution in [0.15, 0.2) is 42.5 Å². The molecule has 6 nitrogen and oxygen atoms in total. The molecule has 1 aliphatic rings. The van der Waals surface area contributed by atoms with Gasteiger partial charge in [0.1, 0.15) is 5.75 Å². The molecule has 0 aliphatic carbocycles. The predicted molar refractivity (Wildman–Crippen MR) is 126 cm³/mol. The van der Waals surface area contributed by atoms with Crippen LogP contribution < -0.4 is 19.5 Å². The average Bonchev–Trinajstić information content (AvgIpc) is 2.80. The number of fused-ring (bicyclic) bond motifs is 1. The number of nitrogens with zero attached hydrogens (tertiary/aromatic N) is 1. The third-order valence-electron chi connectivity index (χ3n) is 5.31. The lowest BCUT2D eigenvalue weighted by molar-refractivity contribution is -0.122. The summed E-state index contributed by atoms with van der Waals surface area (Å²) >= 11 is 0. The van der Waals surface area contributed by atoms with Crippen molar-refractivity contribution in [1.82, 2.24) is 10.2 Å². The van der Waals surface area contributed by atoms with Crippen molar-refractivity contribution in [2.75, 3.05) is 32.9 Å². The zero-order valence-corrected chi connectivity index (χ0v) is 19.4. The summed E-state index contributed by atoms with van der Waals surface area (Å²) in [6, 6.07) is 14.1. The van der Waals surface area contributed by atoms with Gasteiger partial charge in [0.15, 0.2) is 11.5 Å². The molecule has 174 valence electrons. The number of para-hydroxylation sites is 1. The van der Waals surface area contributed by atoms with Crippen molar-refractivity contribution in [3.05, 3.63) is 53.6 Å². The first kappa shape index (κ1) is 23.9. The molecule has 1 N–H and O–H groups in total. The fourth-order valence-corrected chi connectivity index (χ4v) is 3.76. The molecule has 3 rings (SSSR count). The van der Waals surface area contributed by atoms with Crippen LogP contribution >= 0.6 is 0 Å². The number of ether oxygens (including phenoxy) is 3. The molecule has 0 unspecified atom stereocenters. The van der Waals surface area contributed by atoms with E-state index in [1.807, 2.05) is 31.2 Å². The first-order valence-corrected chi connectivity index (χ1v) is 11.8. The number of benzene rings is 2. The van der Waals surface area contributed by atoms with E-state index in [1.54, 1.807) is 0 Å². The van der Waals surface area contributed by atoms with E-state index in [-0.39, 0.29) is 5.91 Å². The van der Waals surface area contributed by atoms with Crippen LogP contribution in [-0.4, -0.2) is 43.7 Å². The van der Waals surface area contributed by atoms with Gasteiger partial charge >= 0.3 is 0 Å². The van der Waals surface area contributed by atoms with Gasteiger partial charge in [0.05, 0.1) is 26.4 Å². The highest BCUT2D eigenvalue weighted by molar-refractivity contribution is 5.78. The molecule has 0 atom stereocenters. The first-order chi connectivity index (χ1) is 15.7. The number of rotatable bonds is 7. The number of amides is 1. The van der Waals surface area contributed by atoms with E-state index >= 15 is 0 Å². The Labute approximate surface area is 191 Å². The van der Waals surface area contributed by atoms with Crippen molar-refractivity contribution < 1.29 is 19.0 Å². The molecule has 0 spiro atoms. The molecule has 0 saturated carbocycles. The number of hydrogen-bond acceptors (Lipinski definition) is 5. The Bertz CT molecular complexity index is 838. The maximum atomic E-state index is 12.6. The van der Waals surface area contributed by atoms with Crippen molar-refractivity contribution in [1.29, 1.82) is 0 Å². The topological polar surface area (TPSA) is 60.0 Å². The Morgan fingerprint density at radius 2 is 1.84 bits per heavy atom. The van der Waals surface area contributed by atoms with Gasteiger partial charge in [0.2, 0.25) is 5.91 Å². The summed E-state index contributed by atoms with van der Waals surface area (Å²) in [5, 5.41) is 3.06. The number of nitrogens with one attached hydrogen (secondary N) is 1. The molecule has 0 fully saturated rings. The van der Waals surface area contributed by atoms with Gasteiger partial charge in [-0.3, -0.25) is 9.69 Å². The van der Waals surface area contributed by atoms with Gasteiger partial charge < -0.3 is 19.5 Å². The molecule has 1 heterocycles. The van der Waals surface area contributed by atoms with Crippen LogP contribution in [0.25, 0.3) is 0 Å². The van der Waals surface area contributed by atoms with E-state index in [0.29, 0.717) is 46.0 Å². The maximum Gasteiger partial charge on any atom is 0.234 e. The molecule has 1 amide bonds. The predicted octanol–water partition coefficient (Wildman–Crippen LogP) is 4.56. The molecule has 6 heteroatoms. The lowest BCUT2D eigenvalue weighted by Gasteiger charge is -2.24. The number of hydrogen-bond donors (Lipinski definition) is 1. The summed E-state index contributed by atoms with van der Waals surface area (Å²) in [4.78, 5) is 14.8. The Hall–Kier alpha value is -2.73. The summed E-state index contributed by atoms with van der Waals surface area (Å²) < 4.78 is 17.7. The lowest BCUT2D eigenvalue weighted by atomic mass is 10.1. The van der Waals surface area contributed by atoms with Gasteiger partial charge in [0.25, 0.3) is 0 Å². The van der Waals surface area contributed by atoms with Crippen molar-refractivity contribution in [2.45, 2.75) is 52.6 Å². The van der Waals surface area contributed by atoms with Gasteiger partial charge in [-0.15, -0.1) is 0 Å². The van der Waals surface area contributed by atoms with Crippen LogP contribution in [-0.2, 0) is 17.9 Å². The smallest absolute Gasteiger partial charge is 0.234 e. The van der Waals surface area contributed by atoms with Gasteiger partial charge in [-0.1, -0.05) is 31.2 Å². The molecule has 0 bridgehead atoms. The summed E-state index contributed by atoms with van der Waals surface area (Å²) in [5.41, 5.74) is 2.17. The van der Waals surface area contributed by atoms with Gasteiger partial charge in [0, 0.05) is 25.2 Å². The highest BCUT2D eigenvalue weighted by Crippen LogP contribution is 2.33. The van der Waals surface area contributed by atoms with Crippen LogP contribution in [0.4, 0.5) is 0 Å². The van der Waals surface area contributed by atoms with E-state index in [4.69, 9.17) is 14.2 Å². The fourth-order valence-electron chi connectivity index (χ4n) is 3.76. The monoisotopic (exact) mass is 440 g/mol. The van der Waals surface area contributed by atoms with E-state index in [1.165, 1.54) is 0 Å². The van der Waals surface area contributed by atoms with Crippen LogP contribution in [0.2, 0.25) is 0 Å². The van der Waals surface area contributed by atoms with Crippen LogP contribution in [0.5, 0.6) is 17.2 Å². The Balaban J connectivity index is 1.82. The standard InChI is InChI=1S/C26H36N2O4/c1-3-16-31-23-13-11-21(12-14-23)18-28-19-22-9-8-10-24(30-4-2)26(22)32-17-7-5-6-15-27-25(29)20-28/h8-14H,3-7,15-20H2,1-2H3,(H,27,29). The van der Waals surface area contributed by atoms with E-state index in [9.17, 15) is 4.79 Å². The Morgan fingerprint density at radius 3 is 2.62 bits per heavy atom. The minimum absolute atomic E-state index is 0.0515. The summed E-state index contributed by atoms with van der Waals surface area (Å²) in [5.74, 6) is 2.48. The van der Waals surface area contributed by atoms with E-state index < -0.39 is 0 Å². The SMILES string of the molecule is CCCOc1ccc(CN2CC(=O)NCCCCCOc3c(cccc3OCC)C2)cc1. The van der Waals surface area contributed by atoms with Crippen molar-refractivity contribution in [2.24, 2.45) is 0 Å². The Morgan fingerprint density at radius 1 is 1.00 bits per heavy atom. The van der Waals surface area contributed by atoms with Gasteiger partial charge in [-0.2, -0.15) is 0 Å². The fraction of sp³-hybridized carbons (Fsp3) is 0.500. The second kappa shape index (κ2) is 13.0. The third kappa shape index (κ3) is 7.45. The summed E-state index contributed by atoms with van der Waals surface area (Å²) in [6.45, 7) is 8.28. The largest absolute Gasteiger partial charge is 0.494 e. The minimum atomic E-state index is 0.0515. The second-order valence-corrected chi connectivity index (χ2v) is 8.07. The highest BCUT2D eigenvalue weighted by atomic mass is 16.5. The average molecular weight is 441 g/mol. The Kier molecular flexibility index (Phi) is 9.69. The lowest BCUT2D eigenvalue weighted by Crippen LogP contribution is -2.37. The van der Waals surface area contributed by atoms with Crippen LogP contribution in [0, 0.1) is 0 Å². The minimum Gasteiger partial charge on any atom is -0.494 e. The molecule has 2 aromatic carbocycles. The highest BCUT2D eigenvalue weighted by Gasteiger charge is 2.18. The van der Waals surface area contributed by atoms with E-state index in [2.05, 4.69) is 35.3 Å². The third-order valence-corrected chi connectivity index (χ3v) is 5.31. The van der Waals surface area contributed by atoms with Gasteiger partial charge in [-0.05, 0) is 56.4 Å². The van der Waals surface area contributed by atoms with Crippen molar-refractivity contribution in [3.63, 3.8) is 0 Å².